The second-order valence-corrected chi connectivity index (χ2v) is 9.97. The van der Waals surface area contributed by atoms with Crippen molar-refractivity contribution in [2.75, 3.05) is 37.6 Å². The Kier molecular flexibility index (Phi) is 8.64. The van der Waals surface area contributed by atoms with Crippen LogP contribution in [0.4, 0.5) is 23.4 Å². The van der Waals surface area contributed by atoms with Crippen molar-refractivity contribution in [1.82, 2.24) is 19.6 Å². The zero-order valence-electron chi connectivity index (χ0n) is 22.8. The third kappa shape index (κ3) is 6.27. The SMILES string of the molecule is CC[C@H](C)N(Cc1c(C)nn(-c2cccc(F)c2)c1N1CCN(CC)CC1)C(=O)c1ccc(C(F)(F)F)cc1. The second kappa shape index (κ2) is 11.8. The van der Waals surface area contributed by atoms with Crippen LogP contribution in [0.15, 0.2) is 48.5 Å². The van der Waals surface area contributed by atoms with E-state index in [0.717, 1.165) is 56.2 Å². The van der Waals surface area contributed by atoms with Crippen LogP contribution < -0.4 is 4.90 Å². The van der Waals surface area contributed by atoms with Crippen molar-refractivity contribution in [2.45, 2.75) is 52.9 Å². The molecule has 3 aromatic rings. The second-order valence-electron chi connectivity index (χ2n) is 9.97. The Morgan fingerprint density at radius 1 is 1.05 bits per heavy atom. The van der Waals surface area contributed by atoms with Gasteiger partial charge in [-0.3, -0.25) is 4.79 Å². The molecule has 0 spiro atoms. The molecule has 6 nitrogen and oxygen atoms in total. The lowest BCUT2D eigenvalue weighted by molar-refractivity contribution is -0.137. The molecule has 0 N–H and O–H groups in total. The number of alkyl halides is 3. The van der Waals surface area contributed by atoms with E-state index < -0.39 is 11.7 Å². The maximum absolute atomic E-state index is 14.2. The number of aryl methyl sites for hydroxylation is 1. The van der Waals surface area contributed by atoms with Crippen LogP contribution in [0, 0.1) is 12.7 Å². The molecule has 39 heavy (non-hydrogen) atoms. The van der Waals surface area contributed by atoms with Gasteiger partial charge in [-0.15, -0.1) is 0 Å². The fourth-order valence-electron chi connectivity index (χ4n) is 4.91. The molecule has 1 saturated heterocycles. The highest BCUT2D eigenvalue weighted by atomic mass is 19.4. The molecule has 10 heteroatoms. The minimum Gasteiger partial charge on any atom is -0.354 e. The Bertz CT molecular complexity index is 1280. The standard InChI is InChI=1S/C29H35F4N5O/c1-5-20(3)37(28(39)22-10-12-23(13-11-22)29(31,32)33)19-26-21(4)34-38(25-9-7-8-24(30)18-25)27(26)36-16-14-35(6-2)15-17-36/h7-13,18,20H,5-6,14-17,19H2,1-4H3/t20-/m0/s1. The van der Waals surface area contributed by atoms with E-state index in [2.05, 4.69) is 16.7 Å². The van der Waals surface area contributed by atoms with Crippen LogP contribution in [0.3, 0.4) is 0 Å². The number of benzene rings is 2. The van der Waals surface area contributed by atoms with Gasteiger partial charge in [0.05, 0.1) is 23.5 Å². The van der Waals surface area contributed by atoms with Crippen LogP contribution in [0.5, 0.6) is 0 Å². The van der Waals surface area contributed by atoms with E-state index in [9.17, 15) is 22.4 Å². The van der Waals surface area contributed by atoms with Gasteiger partial charge < -0.3 is 14.7 Å². The molecule has 2 aromatic carbocycles. The molecular weight excluding hydrogens is 510 g/mol. The van der Waals surface area contributed by atoms with E-state index in [-0.39, 0.29) is 29.9 Å². The van der Waals surface area contributed by atoms with Gasteiger partial charge in [0.25, 0.3) is 5.91 Å². The van der Waals surface area contributed by atoms with E-state index in [1.165, 1.54) is 24.3 Å². The van der Waals surface area contributed by atoms with Gasteiger partial charge in [-0.2, -0.15) is 18.3 Å². The highest BCUT2D eigenvalue weighted by Gasteiger charge is 2.32. The molecule has 1 amide bonds. The van der Waals surface area contributed by atoms with E-state index >= 15 is 0 Å². The first-order valence-corrected chi connectivity index (χ1v) is 13.3. The van der Waals surface area contributed by atoms with Crippen LogP contribution in [-0.2, 0) is 12.7 Å². The predicted molar refractivity (Wildman–Crippen MR) is 144 cm³/mol. The largest absolute Gasteiger partial charge is 0.416 e. The maximum Gasteiger partial charge on any atom is 0.416 e. The lowest BCUT2D eigenvalue weighted by Crippen LogP contribution is -2.47. The minimum atomic E-state index is -4.47. The summed E-state index contributed by atoms with van der Waals surface area (Å²) < 4.78 is 55.2. The Morgan fingerprint density at radius 2 is 1.72 bits per heavy atom. The molecule has 210 valence electrons. The van der Waals surface area contributed by atoms with Gasteiger partial charge in [-0.25, -0.2) is 9.07 Å². The lowest BCUT2D eigenvalue weighted by atomic mass is 10.1. The molecule has 0 saturated carbocycles. The molecule has 0 unspecified atom stereocenters. The summed E-state index contributed by atoms with van der Waals surface area (Å²) in [6.07, 6.45) is -3.81. The summed E-state index contributed by atoms with van der Waals surface area (Å²) >= 11 is 0. The first kappa shape index (κ1) is 28.6. The number of aromatic nitrogens is 2. The van der Waals surface area contributed by atoms with E-state index in [0.29, 0.717) is 17.8 Å². The maximum atomic E-state index is 14.2. The Hall–Kier alpha value is -3.40. The average Bonchev–Trinajstić information content (AvgIpc) is 3.26. The van der Waals surface area contributed by atoms with Crippen molar-refractivity contribution < 1.29 is 22.4 Å². The average molecular weight is 546 g/mol. The Labute approximate surface area is 226 Å². The van der Waals surface area contributed by atoms with Crippen molar-refractivity contribution in [3.8, 4) is 5.69 Å². The summed E-state index contributed by atoms with van der Waals surface area (Å²) in [5, 5.41) is 4.78. The topological polar surface area (TPSA) is 44.6 Å². The molecule has 0 bridgehead atoms. The predicted octanol–water partition coefficient (Wildman–Crippen LogP) is 5.92. The van der Waals surface area contributed by atoms with Crippen molar-refractivity contribution in [1.29, 1.82) is 0 Å². The van der Waals surface area contributed by atoms with Crippen LogP contribution >= 0.6 is 0 Å². The van der Waals surface area contributed by atoms with Gasteiger partial charge in [0, 0.05) is 43.3 Å². The molecular formula is C29H35F4N5O. The van der Waals surface area contributed by atoms with Gasteiger partial charge in [0.1, 0.15) is 11.6 Å². The van der Waals surface area contributed by atoms with Crippen LogP contribution in [0.2, 0.25) is 0 Å². The number of carbonyl (C=O) groups excluding carboxylic acids is 1. The van der Waals surface area contributed by atoms with Crippen molar-refractivity contribution >= 4 is 11.7 Å². The number of hydrogen-bond acceptors (Lipinski definition) is 4. The van der Waals surface area contributed by atoms with Crippen molar-refractivity contribution in [3.63, 3.8) is 0 Å². The summed E-state index contributed by atoms with van der Waals surface area (Å²) in [5.41, 5.74) is 1.53. The number of likely N-dealkylation sites (N-methyl/N-ethyl adjacent to an activating group) is 1. The van der Waals surface area contributed by atoms with Crippen LogP contribution in [0.25, 0.3) is 5.69 Å². The molecule has 1 aromatic heterocycles. The summed E-state index contributed by atoms with van der Waals surface area (Å²) in [5.74, 6) is 0.0859. The Morgan fingerprint density at radius 3 is 2.28 bits per heavy atom. The van der Waals surface area contributed by atoms with Crippen molar-refractivity contribution in [3.05, 3.63) is 76.7 Å². The lowest BCUT2D eigenvalue weighted by Gasteiger charge is -2.37. The molecule has 0 aliphatic carbocycles. The number of anilines is 1. The number of halogens is 4. The molecule has 1 fully saturated rings. The monoisotopic (exact) mass is 545 g/mol. The fourth-order valence-corrected chi connectivity index (χ4v) is 4.91. The summed E-state index contributed by atoms with van der Waals surface area (Å²) in [6, 6.07) is 10.4. The minimum absolute atomic E-state index is 0.179. The summed E-state index contributed by atoms with van der Waals surface area (Å²) in [4.78, 5) is 19.9. The number of hydrogen-bond donors (Lipinski definition) is 0. The highest BCUT2D eigenvalue weighted by Crippen LogP contribution is 2.32. The number of carbonyl (C=O) groups is 1. The number of piperazine rings is 1. The first-order chi connectivity index (χ1) is 18.5. The third-order valence-corrected chi connectivity index (χ3v) is 7.50. The molecule has 4 rings (SSSR count). The molecule has 2 heterocycles. The van der Waals surface area contributed by atoms with Gasteiger partial charge >= 0.3 is 6.18 Å². The molecule has 0 radical (unpaired) electrons. The van der Waals surface area contributed by atoms with E-state index in [4.69, 9.17) is 5.10 Å². The van der Waals surface area contributed by atoms with Gasteiger partial charge in [0.2, 0.25) is 0 Å². The summed E-state index contributed by atoms with van der Waals surface area (Å²) in [6.45, 7) is 12.3. The number of rotatable bonds is 8. The van der Waals surface area contributed by atoms with Gasteiger partial charge in [-0.05, 0) is 69.3 Å². The van der Waals surface area contributed by atoms with Gasteiger partial charge in [0.15, 0.2) is 0 Å². The normalized spacial score (nSPS) is 15.4. The quantitative estimate of drug-likeness (QED) is 0.330. The molecule has 1 aliphatic heterocycles. The first-order valence-electron chi connectivity index (χ1n) is 13.3. The van der Waals surface area contributed by atoms with Gasteiger partial charge in [-0.1, -0.05) is 19.9 Å². The van der Waals surface area contributed by atoms with Crippen LogP contribution in [-0.4, -0.2) is 64.3 Å². The van der Waals surface area contributed by atoms with Crippen molar-refractivity contribution in [2.24, 2.45) is 0 Å². The number of nitrogens with zero attached hydrogens (tertiary/aromatic N) is 5. The fraction of sp³-hybridized carbons (Fsp3) is 0.448. The molecule has 1 aliphatic rings. The molecule has 1 atom stereocenters. The zero-order valence-corrected chi connectivity index (χ0v) is 22.8. The zero-order chi connectivity index (χ0) is 28.3. The third-order valence-electron chi connectivity index (χ3n) is 7.50. The Balaban J connectivity index is 1.74. The highest BCUT2D eigenvalue weighted by molar-refractivity contribution is 5.94. The van der Waals surface area contributed by atoms with E-state index in [1.54, 1.807) is 21.7 Å². The van der Waals surface area contributed by atoms with E-state index in [1.807, 2.05) is 20.8 Å². The van der Waals surface area contributed by atoms with Crippen LogP contribution in [0.1, 0.15) is 54.4 Å². The smallest absolute Gasteiger partial charge is 0.354 e. The number of amides is 1. The summed E-state index contributed by atoms with van der Waals surface area (Å²) in [7, 11) is 0.